The first-order chi connectivity index (χ1) is 9.16. The predicted octanol–water partition coefficient (Wildman–Crippen LogP) is 3.33. The van der Waals surface area contributed by atoms with Crippen molar-refractivity contribution in [3.05, 3.63) is 28.2 Å². The average molecular weight is 327 g/mol. The van der Waals surface area contributed by atoms with E-state index in [9.17, 15) is 0 Å². The highest BCUT2D eigenvalue weighted by Crippen LogP contribution is 2.27. The molecule has 1 aromatic carbocycles. The molecule has 0 bridgehead atoms. The van der Waals surface area contributed by atoms with Crippen molar-refractivity contribution in [1.29, 1.82) is 0 Å². The van der Waals surface area contributed by atoms with Crippen LogP contribution in [0, 0.1) is 0 Å². The lowest BCUT2D eigenvalue weighted by atomic mass is 10.1. The van der Waals surface area contributed by atoms with E-state index in [4.69, 9.17) is 10.5 Å². The van der Waals surface area contributed by atoms with Gasteiger partial charge >= 0.3 is 0 Å². The summed E-state index contributed by atoms with van der Waals surface area (Å²) < 4.78 is 6.94. The molecule has 19 heavy (non-hydrogen) atoms. The fraction of sp³-hybridized carbons (Fsp3) is 0.600. The van der Waals surface area contributed by atoms with Crippen LogP contribution < -0.4 is 10.5 Å². The van der Waals surface area contributed by atoms with Gasteiger partial charge in [0.2, 0.25) is 0 Å². The van der Waals surface area contributed by atoms with Gasteiger partial charge in [0.15, 0.2) is 0 Å². The van der Waals surface area contributed by atoms with Crippen molar-refractivity contribution in [2.45, 2.75) is 32.2 Å². The Kier molecular flexibility index (Phi) is 5.67. The molecule has 0 radical (unpaired) electrons. The molecule has 4 heteroatoms. The zero-order valence-corrected chi connectivity index (χ0v) is 13.2. The van der Waals surface area contributed by atoms with Crippen LogP contribution in [0.3, 0.4) is 0 Å². The molecule has 2 rings (SSSR count). The number of likely N-dealkylation sites (tertiary alicyclic amines) is 1. The zero-order valence-electron chi connectivity index (χ0n) is 11.6. The number of rotatable bonds is 6. The van der Waals surface area contributed by atoms with Gasteiger partial charge in [0, 0.05) is 22.6 Å². The van der Waals surface area contributed by atoms with E-state index in [1.165, 1.54) is 25.9 Å². The van der Waals surface area contributed by atoms with Gasteiger partial charge in [-0.15, -0.1) is 0 Å². The van der Waals surface area contributed by atoms with Crippen molar-refractivity contribution in [3.8, 4) is 5.75 Å². The molecular weight excluding hydrogens is 304 g/mol. The van der Waals surface area contributed by atoms with Crippen LogP contribution in [0.1, 0.15) is 37.8 Å². The summed E-state index contributed by atoms with van der Waals surface area (Å²) in [5, 5.41) is 0. The molecule has 0 aliphatic carbocycles. The van der Waals surface area contributed by atoms with Gasteiger partial charge in [-0.3, -0.25) is 0 Å². The molecule has 2 N–H and O–H groups in total. The standard InChI is InChI=1S/C15H23BrN2O/c1-12(17)14-6-5-13(16)11-15(14)19-10-4-9-18-7-2-3-8-18/h5-6,11-12H,2-4,7-10,17H2,1H3/t12-/m1/s1. The Morgan fingerprint density at radius 2 is 2.11 bits per heavy atom. The summed E-state index contributed by atoms with van der Waals surface area (Å²) in [6, 6.07) is 6.05. The molecule has 106 valence electrons. The van der Waals surface area contributed by atoms with Crippen LogP contribution in [0.15, 0.2) is 22.7 Å². The lowest BCUT2D eigenvalue weighted by Gasteiger charge is -2.17. The van der Waals surface area contributed by atoms with E-state index in [1.807, 2.05) is 25.1 Å². The molecule has 0 spiro atoms. The third kappa shape index (κ3) is 4.48. The summed E-state index contributed by atoms with van der Waals surface area (Å²) in [4.78, 5) is 2.51. The molecular formula is C15H23BrN2O. The molecule has 1 aromatic rings. The van der Waals surface area contributed by atoms with Gasteiger partial charge in [-0.1, -0.05) is 22.0 Å². The van der Waals surface area contributed by atoms with Crippen molar-refractivity contribution in [2.75, 3.05) is 26.2 Å². The number of halogens is 1. The number of benzene rings is 1. The van der Waals surface area contributed by atoms with E-state index in [0.29, 0.717) is 0 Å². The highest BCUT2D eigenvalue weighted by Gasteiger charge is 2.11. The van der Waals surface area contributed by atoms with E-state index in [2.05, 4.69) is 20.8 Å². The second-order valence-corrected chi connectivity index (χ2v) is 6.14. The Morgan fingerprint density at radius 3 is 2.79 bits per heavy atom. The molecule has 1 heterocycles. The van der Waals surface area contributed by atoms with Crippen molar-refractivity contribution in [3.63, 3.8) is 0 Å². The quantitative estimate of drug-likeness (QED) is 0.815. The molecule has 1 saturated heterocycles. The molecule has 1 aliphatic rings. The summed E-state index contributed by atoms with van der Waals surface area (Å²) in [7, 11) is 0. The van der Waals surface area contributed by atoms with Crippen LogP contribution in [0.2, 0.25) is 0 Å². The second kappa shape index (κ2) is 7.27. The van der Waals surface area contributed by atoms with E-state index in [1.54, 1.807) is 0 Å². The minimum Gasteiger partial charge on any atom is -0.493 e. The lowest BCUT2D eigenvalue weighted by Crippen LogP contribution is -2.22. The number of nitrogens with zero attached hydrogens (tertiary/aromatic N) is 1. The molecule has 0 aromatic heterocycles. The third-order valence-corrected chi connectivity index (χ3v) is 4.03. The second-order valence-electron chi connectivity index (χ2n) is 5.22. The molecule has 1 atom stereocenters. The van der Waals surface area contributed by atoms with Gasteiger partial charge in [0.25, 0.3) is 0 Å². The van der Waals surface area contributed by atoms with E-state index >= 15 is 0 Å². The maximum Gasteiger partial charge on any atom is 0.125 e. The number of ether oxygens (including phenoxy) is 1. The van der Waals surface area contributed by atoms with Crippen LogP contribution in [-0.4, -0.2) is 31.1 Å². The Hall–Kier alpha value is -0.580. The lowest BCUT2D eigenvalue weighted by molar-refractivity contribution is 0.261. The zero-order chi connectivity index (χ0) is 13.7. The Bertz CT molecular complexity index is 403. The first-order valence-corrected chi connectivity index (χ1v) is 7.86. The molecule has 1 fully saturated rings. The maximum absolute atomic E-state index is 5.96. The largest absolute Gasteiger partial charge is 0.493 e. The fourth-order valence-corrected chi connectivity index (χ4v) is 2.83. The Labute approximate surface area is 124 Å². The van der Waals surface area contributed by atoms with Crippen molar-refractivity contribution in [2.24, 2.45) is 5.73 Å². The normalized spacial score (nSPS) is 17.6. The van der Waals surface area contributed by atoms with Crippen molar-refractivity contribution >= 4 is 15.9 Å². The van der Waals surface area contributed by atoms with Crippen molar-refractivity contribution in [1.82, 2.24) is 4.90 Å². The first kappa shape index (κ1) is 14.8. The summed E-state index contributed by atoms with van der Waals surface area (Å²) in [5.41, 5.74) is 7.04. The topological polar surface area (TPSA) is 38.5 Å². The van der Waals surface area contributed by atoms with Crippen LogP contribution in [0.5, 0.6) is 5.75 Å². The SMILES string of the molecule is C[C@@H](N)c1ccc(Br)cc1OCCCN1CCCC1. The Balaban J connectivity index is 1.82. The molecule has 0 unspecified atom stereocenters. The van der Waals surface area contributed by atoms with Gasteiger partial charge < -0.3 is 15.4 Å². The summed E-state index contributed by atoms with van der Waals surface area (Å²) in [5.74, 6) is 0.908. The van der Waals surface area contributed by atoms with Crippen LogP contribution >= 0.6 is 15.9 Å². The highest BCUT2D eigenvalue weighted by atomic mass is 79.9. The predicted molar refractivity (Wildman–Crippen MR) is 82.5 cm³/mol. The minimum absolute atomic E-state index is 0.00156. The summed E-state index contributed by atoms with van der Waals surface area (Å²) >= 11 is 3.48. The first-order valence-electron chi connectivity index (χ1n) is 7.07. The van der Waals surface area contributed by atoms with E-state index in [0.717, 1.165) is 35.4 Å². The van der Waals surface area contributed by atoms with Gasteiger partial charge in [-0.2, -0.15) is 0 Å². The van der Waals surface area contributed by atoms with Crippen LogP contribution in [-0.2, 0) is 0 Å². The maximum atomic E-state index is 5.96. The molecule has 3 nitrogen and oxygen atoms in total. The van der Waals surface area contributed by atoms with Crippen LogP contribution in [0.4, 0.5) is 0 Å². The minimum atomic E-state index is 0.00156. The third-order valence-electron chi connectivity index (χ3n) is 3.54. The summed E-state index contributed by atoms with van der Waals surface area (Å²) in [6.07, 6.45) is 3.77. The van der Waals surface area contributed by atoms with Crippen molar-refractivity contribution < 1.29 is 4.74 Å². The smallest absolute Gasteiger partial charge is 0.125 e. The molecule has 0 amide bonds. The fourth-order valence-electron chi connectivity index (χ4n) is 2.49. The van der Waals surface area contributed by atoms with Gasteiger partial charge in [0.05, 0.1) is 6.61 Å². The summed E-state index contributed by atoms with van der Waals surface area (Å²) in [6.45, 7) is 6.39. The number of hydrogen-bond acceptors (Lipinski definition) is 3. The van der Waals surface area contributed by atoms with Gasteiger partial charge in [0.1, 0.15) is 5.75 Å². The van der Waals surface area contributed by atoms with E-state index < -0.39 is 0 Å². The van der Waals surface area contributed by atoms with Gasteiger partial charge in [-0.05, 0) is 51.4 Å². The van der Waals surface area contributed by atoms with E-state index in [-0.39, 0.29) is 6.04 Å². The monoisotopic (exact) mass is 326 g/mol. The molecule has 1 aliphatic heterocycles. The average Bonchev–Trinajstić information content (AvgIpc) is 2.87. The Morgan fingerprint density at radius 1 is 1.37 bits per heavy atom. The van der Waals surface area contributed by atoms with Gasteiger partial charge in [-0.25, -0.2) is 0 Å². The number of nitrogens with two attached hydrogens (primary N) is 1. The van der Waals surface area contributed by atoms with Crippen LogP contribution in [0.25, 0.3) is 0 Å². The highest BCUT2D eigenvalue weighted by molar-refractivity contribution is 9.10. The molecule has 0 saturated carbocycles. The number of hydrogen-bond donors (Lipinski definition) is 1.